The van der Waals surface area contributed by atoms with Crippen molar-refractivity contribution in [1.82, 2.24) is 19.9 Å². The minimum absolute atomic E-state index is 0.239. The van der Waals surface area contributed by atoms with E-state index in [-0.39, 0.29) is 11.9 Å². The van der Waals surface area contributed by atoms with Gasteiger partial charge in [0.05, 0.1) is 10.9 Å². The average Bonchev–Trinajstić information content (AvgIpc) is 2.63. The van der Waals surface area contributed by atoms with Crippen molar-refractivity contribution in [2.24, 2.45) is 0 Å². The molecule has 0 unspecified atom stereocenters. The maximum atomic E-state index is 14.1. The number of aromatic nitrogens is 4. The molecule has 1 saturated heterocycles. The number of benzene rings is 1. The second-order valence-electron chi connectivity index (χ2n) is 5.81. The molecule has 1 aliphatic heterocycles. The van der Waals surface area contributed by atoms with Crippen molar-refractivity contribution in [1.29, 1.82) is 0 Å². The Hall–Kier alpha value is -2.83. The Bertz CT molecular complexity index is 828. The second-order valence-corrected chi connectivity index (χ2v) is 5.81. The van der Waals surface area contributed by atoms with Crippen LogP contribution in [0.5, 0.6) is 0 Å². The van der Waals surface area contributed by atoms with Crippen molar-refractivity contribution in [2.45, 2.75) is 18.9 Å². The number of halogens is 1. The average molecular weight is 324 g/mol. The van der Waals surface area contributed by atoms with Crippen LogP contribution in [0, 0.1) is 5.82 Å². The summed E-state index contributed by atoms with van der Waals surface area (Å²) in [5, 5.41) is 3.83. The monoisotopic (exact) mass is 324 g/mol. The van der Waals surface area contributed by atoms with E-state index in [1.807, 2.05) is 6.07 Å². The summed E-state index contributed by atoms with van der Waals surface area (Å²) in [5.74, 6) is 1.02. The van der Waals surface area contributed by atoms with E-state index in [1.54, 1.807) is 24.5 Å². The van der Waals surface area contributed by atoms with Crippen LogP contribution in [0.2, 0.25) is 0 Å². The quantitative estimate of drug-likeness (QED) is 0.799. The van der Waals surface area contributed by atoms with Gasteiger partial charge in [-0.05, 0) is 31.0 Å². The lowest BCUT2D eigenvalue weighted by atomic mass is 10.0. The molecule has 1 aliphatic rings. The lowest BCUT2D eigenvalue weighted by molar-refractivity contribution is 0.519. The molecule has 0 saturated carbocycles. The molecule has 0 radical (unpaired) electrons. The normalized spacial score (nSPS) is 15.6. The summed E-state index contributed by atoms with van der Waals surface area (Å²) in [6.45, 7) is 1.71. The Balaban J connectivity index is 1.48. The van der Waals surface area contributed by atoms with E-state index < -0.39 is 0 Å². The molecule has 24 heavy (non-hydrogen) atoms. The molecule has 1 fully saturated rings. The number of hydrogen-bond acceptors (Lipinski definition) is 6. The number of nitrogens with zero attached hydrogens (tertiary/aromatic N) is 5. The molecule has 0 atom stereocenters. The number of hydrogen-bond donors (Lipinski definition) is 1. The fourth-order valence-electron chi connectivity index (χ4n) is 3.05. The van der Waals surface area contributed by atoms with Crippen molar-refractivity contribution in [3.05, 3.63) is 48.8 Å². The van der Waals surface area contributed by atoms with Gasteiger partial charge in [0.15, 0.2) is 0 Å². The first-order valence-corrected chi connectivity index (χ1v) is 7.99. The van der Waals surface area contributed by atoms with Gasteiger partial charge in [-0.25, -0.2) is 24.3 Å². The van der Waals surface area contributed by atoms with Crippen LogP contribution in [0.3, 0.4) is 0 Å². The van der Waals surface area contributed by atoms with Gasteiger partial charge in [-0.3, -0.25) is 0 Å². The highest BCUT2D eigenvalue weighted by Crippen LogP contribution is 2.25. The number of piperidine rings is 1. The Morgan fingerprint density at radius 2 is 1.79 bits per heavy atom. The van der Waals surface area contributed by atoms with Gasteiger partial charge in [-0.15, -0.1) is 0 Å². The van der Waals surface area contributed by atoms with Crippen LogP contribution in [-0.2, 0) is 0 Å². The molecule has 3 aromatic rings. The molecule has 0 spiro atoms. The molecular weight excluding hydrogens is 307 g/mol. The second kappa shape index (κ2) is 6.35. The highest BCUT2D eigenvalue weighted by atomic mass is 19.1. The van der Waals surface area contributed by atoms with E-state index in [1.165, 1.54) is 12.4 Å². The van der Waals surface area contributed by atoms with Gasteiger partial charge in [0, 0.05) is 31.5 Å². The van der Waals surface area contributed by atoms with Crippen LogP contribution in [0.25, 0.3) is 10.9 Å². The van der Waals surface area contributed by atoms with Crippen molar-refractivity contribution in [3.8, 4) is 0 Å². The standard InChI is InChI=1S/C17H17FN6/c18-13-3-1-4-14-15(13)16(22-11-21-14)23-12-5-9-24(10-6-12)17-19-7-2-8-20-17/h1-4,7-8,11-12H,5-6,9-10H2,(H,21,22,23). The molecule has 3 heterocycles. The van der Waals surface area contributed by atoms with Crippen molar-refractivity contribution < 1.29 is 4.39 Å². The minimum Gasteiger partial charge on any atom is -0.367 e. The predicted octanol–water partition coefficient (Wildman–Crippen LogP) is 2.64. The minimum atomic E-state index is -0.300. The summed E-state index contributed by atoms with van der Waals surface area (Å²) >= 11 is 0. The van der Waals surface area contributed by atoms with Crippen molar-refractivity contribution in [2.75, 3.05) is 23.3 Å². The predicted molar refractivity (Wildman–Crippen MR) is 90.4 cm³/mol. The maximum absolute atomic E-state index is 14.1. The summed E-state index contributed by atoms with van der Waals surface area (Å²) in [4.78, 5) is 19.1. The summed E-state index contributed by atoms with van der Waals surface area (Å²) in [7, 11) is 0. The van der Waals surface area contributed by atoms with E-state index in [0.29, 0.717) is 16.7 Å². The smallest absolute Gasteiger partial charge is 0.225 e. The largest absolute Gasteiger partial charge is 0.367 e. The first kappa shape index (κ1) is 14.7. The Morgan fingerprint density at radius 1 is 1.00 bits per heavy atom. The number of anilines is 2. The highest BCUT2D eigenvalue weighted by molar-refractivity contribution is 5.89. The molecule has 122 valence electrons. The summed E-state index contributed by atoms with van der Waals surface area (Å²) in [5.41, 5.74) is 0.614. The maximum Gasteiger partial charge on any atom is 0.225 e. The molecule has 7 heteroatoms. The number of nitrogens with one attached hydrogen (secondary N) is 1. The Morgan fingerprint density at radius 3 is 2.58 bits per heavy atom. The zero-order chi connectivity index (χ0) is 16.4. The highest BCUT2D eigenvalue weighted by Gasteiger charge is 2.22. The first-order valence-electron chi connectivity index (χ1n) is 7.99. The van der Waals surface area contributed by atoms with E-state index in [2.05, 4.69) is 30.2 Å². The third kappa shape index (κ3) is 2.84. The van der Waals surface area contributed by atoms with Gasteiger partial charge in [-0.1, -0.05) is 6.07 Å². The van der Waals surface area contributed by atoms with Crippen molar-refractivity contribution >= 4 is 22.7 Å². The van der Waals surface area contributed by atoms with Gasteiger partial charge < -0.3 is 10.2 Å². The zero-order valence-corrected chi connectivity index (χ0v) is 13.1. The van der Waals surface area contributed by atoms with Crippen LogP contribution in [0.4, 0.5) is 16.2 Å². The van der Waals surface area contributed by atoms with Crippen molar-refractivity contribution in [3.63, 3.8) is 0 Å². The molecule has 1 N–H and O–H groups in total. The van der Waals surface area contributed by atoms with Crippen LogP contribution in [-0.4, -0.2) is 39.1 Å². The molecule has 0 aliphatic carbocycles. The lowest BCUT2D eigenvalue weighted by Crippen LogP contribution is -2.40. The third-order valence-corrected chi connectivity index (χ3v) is 4.28. The first-order chi connectivity index (χ1) is 11.8. The molecule has 6 nitrogen and oxygen atoms in total. The van der Waals surface area contributed by atoms with Gasteiger partial charge >= 0.3 is 0 Å². The molecular formula is C17H17FN6. The van der Waals surface area contributed by atoms with E-state index in [4.69, 9.17) is 0 Å². The summed E-state index contributed by atoms with van der Waals surface area (Å²) in [6, 6.07) is 6.94. The third-order valence-electron chi connectivity index (χ3n) is 4.28. The molecule has 0 bridgehead atoms. The molecule has 2 aromatic heterocycles. The van der Waals surface area contributed by atoms with Crippen LogP contribution in [0.15, 0.2) is 43.0 Å². The zero-order valence-electron chi connectivity index (χ0n) is 13.1. The fraction of sp³-hybridized carbons (Fsp3) is 0.294. The van der Waals surface area contributed by atoms with Crippen LogP contribution < -0.4 is 10.2 Å². The van der Waals surface area contributed by atoms with E-state index in [9.17, 15) is 4.39 Å². The molecule has 1 aromatic carbocycles. The van der Waals surface area contributed by atoms with Crippen LogP contribution >= 0.6 is 0 Å². The number of rotatable bonds is 3. The summed E-state index contributed by atoms with van der Waals surface area (Å²) in [6.07, 6.45) is 6.80. The Labute approximate surface area is 138 Å². The lowest BCUT2D eigenvalue weighted by Gasteiger charge is -2.32. The Kier molecular flexibility index (Phi) is 3.90. The number of fused-ring (bicyclic) bond motifs is 1. The van der Waals surface area contributed by atoms with Crippen LogP contribution in [0.1, 0.15) is 12.8 Å². The molecule has 0 amide bonds. The van der Waals surface area contributed by atoms with Gasteiger partial charge in [0.2, 0.25) is 5.95 Å². The van der Waals surface area contributed by atoms with Gasteiger partial charge in [-0.2, -0.15) is 0 Å². The van der Waals surface area contributed by atoms with Gasteiger partial charge in [0.25, 0.3) is 0 Å². The fourth-order valence-corrected chi connectivity index (χ4v) is 3.05. The van der Waals surface area contributed by atoms with Gasteiger partial charge in [0.1, 0.15) is 18.0 Å². The van der Waals surface area contributed by atoms with E-state index >= 15 is 0 Å². The SMILES string of the molecule is Fc1cccc2ncnc(NC3CCN(c4ncccn4)CC3)c12. The van der Waals surface area contributed by atoms with E-state index in [0.717, 1.165) is 31.9 Å². The topological polar surface area (TPSA) is 66.8 Å². The molecule has 4 rings (SSSR count). The summed E-state index contributed by atoms with van der Waals surface area (Å²) < 4.78 is 14.1.